The van der Waals surface area contributed by atoms with Gasteiger partial charge in [0.05, 0.1) is 24.1 Å². The molecule has 2 aromatic rings. The highest BCUT2D eigenvalue weighted by atomic mass is 16.5. The number of morpholine rings is 1. The van der Waals surface area contributed by atoms with E-state index in [1.54, 1.807) is 6.20 Å². The van der Waals surface area contributed by atoms with Crippen LogP contribution in [-0.4, -0.2) is 72.9 Å². The first-order valence-electron chi connectivity index (χ1n) is 9.22. The van der Waals surface area contributed by atoms with Crippen molar-refractivity contribution in [3.8, 4) is 6.07 Å². The van der Waals surface area contributed by atoms with Crippen LogP contribution in [0.2, 0.25) is 0 Å². The Morgan fingerprint density at radius 1 is 1.31 bits per heavy atom. The normalized spacial score (nSPS) is 24.5. The summed E-state index contributed by atoms with van der Waals surface area (Å²) in [6, 6.07) is 6.07. The number of piperazine rings is 1. The molecule has 1 N–H and O–H groups in total. The Hall–Kier alpha value is -2.27. The number of aromatic nitrogens is 2. The molecule has 0 saturated carbocycles. The average molecular weight is 352 g/mol. The standard InChI is InChI=1S/C19H24N6O/c1-14-11-25(13-15(26-14)12-24-7-5-21-6-8-24)18-10-23-17(9-20)19-16(18)3-2-4-22-19/h2-4,10,14-15,21H,5-8,11-13H2,1H3. The zero-order chi connectivity index (χ0) is 17.9. The van der Waals surface area contributed by atoms with Gasteiger partial charge in [0, 0.05) is 57.4 Å². The summed E-state index contributed by atoms with van der Waals surface area (Å²) < 4.78 is 6.21. The van der Waals surface area contributed by atoms with E-state index < -0.39 is 0 Å². The summed E-state index contributed by atoms with van der Waals surface area (Å²) in [7, 11) is 0. The van der Waals surface area contributed by atoms with E-state index in [0.717, 1.165) is 56.9 Å². The molecule has 2 unspecified atom stereocenters. The predicted molar refractivity (Wildman–Crippen MR) is 100 cm³/mol. The molecular weight excluding hydrogens is 328 g/mol. The number of rotatable bonds is 3. The highest BCUT2D eigenvalue weighted by Gasteiger charge is 2.28. The van der Waals surface area contributed by atoms with Crippen LogP contribution in [0.4, 0.5) is 5.69 Å². The quantitative estimate of drug-likeness (QED) is 0.883. The molecule has 26 heavy (non-hydrogen) atoms. The van der Waals surface area contributed by atoms with Gasteiger partial charge in [0.1, 0.15) is 11.6 Å². The molecule has 4 heterocycles. The molecule has 2 saturated heterocycles. The zero-order valence-corrected chi connectivity index (χ0v) is 15.1. The van der Waals surface area contributed by atoms with Crippen molar-refractivity contribution < 1.29 is 4.74 Å². The molecule has 2 aromatic heterocycles. The molecule has 136 valence electrons. The second-order valence-corrected chi connectivity index (χ2v) is 7.03. The van der Waals surface area contributed by atoms with Gasteiger partial charge in [-0.05, 0) is 19.1 Å². The molecule has 0 bridgehead atoms. The summed E-state index contributed by atoms with van der Waals surface area (Å²) in [5.74, 6) is 0. The molecular formula is C19H24N6O. The van der Waals surface area contributed by atoms with Gasteiger partial charge in [0.15, 0.2) is 5.69 Å². The number of fused-ring (bicyclic) bond motifs is 1. The lowest BCUT2D eigenvalue weighted by Crippen LogP contribution is -2.53. The molecule has 0 aliphatic carbocycles. The van der Waals surface area contributed by atoms with Gasteiger partial charge in [-0.15, -0.1) is 0 Å². The smallest absolute Gasteiger partial charge is 0.166 e. The number of ether oxygens (including phenoxy) is 1. The van der Waals surface area contributed by atoms with Crippen LogP contribution in [0.25, 0.3) is 10.9 Å². The number of nitriles is 1. The molecule has 4 rings (SSSR count). The Kier molecular flexibility index (Phi) is 4.98. The Labute approximate surface area is 153 Å². The lowest BCUT2D eigenvalue weighted by Gasteiger charge is -2.41. The molecule has 2 fully saturated rings. The summed E-state index contributed by atoms with van der Waals surface area (Å²) in [5.41, 5.74) is 2.08. The van der Waals surface area contributed by atoms with Crippen LogP contribution in [0, 0.1) is 11.3 Å². The van der Waals surface area contributed by atoms with E-state index in [9.17, 15) is 5.26 Å². The summed E-state index contributed by atoms with van der Waals surface area (Å²) in [6.07, 6.45) is 3.84. The zero-order valence-electron chi connectivity index (χ0n) is 15.1. The van der Waals surface area contributed by atoms with Crippen LogP contribution in [0.15, 0.2) is 24.5 Å². The maximum atomic E-state index is 9.31. The minimum absolute atomic E-state index is 0.152. The van der Waals surface area contributed by atoms with Crippen molar-refractivity contribution in [2.75, 3.05) is 50.7 Å². The molecule has 2 aliphatic rings. The Balaban J connectivity index is 1.59. The van der Waals surface area contributed by atoms with Crippen LogP contribution in [0.1, 0.15) is 12.6 Å². The monoisotopic (exact) mass is 352 g/mol. The number of pyridine rings is 2. The van der Waals surface area contributed by atoms with Crippen molar-refractivity contribution in [3.05, 3.63) is 30.2 Å². The third-order valence-electron chi connectivity index (χ3n) is 5.07. The van der Waals surface area contributed by atoms with Gasteiger partial charge in [-0.3, -0.25) is 9.88 Å². The van der Waals surface area contributed by atoms with E-state index in [1.807, 2.05) is 18.3 Å². The molecule has 2 atom stereocenters. The van der Waals surface area contributed by atoms with E-state index >= 15 is 0 Å². The summed E-state index contributed by atoms with van der Waals surface area (Å²) >= 11 is 0. The van der Waals surface area contributed by atoms with E-state index in [1.165, 1.54) is 0 Å². The highest BCUT2D eigenvalue weighted by Crippen LogP contribution is 2.29. The Morgan fingerprint density at radius 3 is 2.96 bits per heavy atom. The number of nitrogens with one attached hydrogen (secondary N) is 1. The van der Waals surface area contributed by atoms with Crippen molar-refractivity contribution >= 4 is 16.6 Å². The van der Waals surface area contributed by atoms with Gasteiger partial charge in [0.2, 0.25) is 0 Å². The van der Waals surface area contributed by atoms with E-state index in [0.29, 0.717) is 11.2 Å². The fourth-order valence-electron chi connectivity index (χ4n) is 3.92. The van der Waals surface area contributed by atoms with Gasteiger partial charge >= 0.3 is 0 Å². The van der Waals surface area contributed by atoms with Crippen molar-refractivity contribution in [2.24, 2.45) is 0 Å². The summed E-state index contributed by atoms with van der Waals surface area (Å²) in [6.45, 7) is 8.93. The van der Waals surface area contributed by atoms with Gasteiger partial charge in [-0.25, -0.2) is 4.98 Å². The number of hydrogen-bond acceptors (Lipinski definition) is 7. The maximum absolute atomic E-state index is 9.31. The summed E-state index contributed by atoms with van der Waals surface area (Å²) in [4.78, 5) is 13.5. The molecule has 0 amide bonds. The van der Waals surface area contributed by atoms with E-state index in [-0.39, 0.29) is 12.2 Å². The molecule has 2 aliphatic heterocycles. The minimum atomic E-state index is 0.152. The SMILES string of the molecule is CC1CN(c2cnc(C#N)c3ncccc23)CC(CN2CCNCC2)O1. The molecule has 7 heteroatoms. The first-order valence-corrected chi connectivity index (χ1v) is 9.22. The van der Waals surface area contributed by atoms with Gasteiger partial charge in [-0.2, -0.15) is 5.26 Å². The lowest BCUT2D eigenvalue weighted by atomic mass is 10.1. The minimum Gasteiger partial charge on any atom is -0.370 e. The summed E-state index contributed by atoms with van der Waals surface area (Å²) in [5, 5.41) is 13.7. The highest BCUT2D eigenvalue weighted by molar-refractivity contribution is 5.93. The fourth-order valence-corrected chi connectivity index (χ4v) is 3.92. The first kappa shape index (κ1) is 17.2. The topological polar surface area (TPSA) is 77.3 Å². The largest absolute Gasteiger partial charge is 0.370 e. The van der Waals surface area contributed by atoms with Crippen LogP contribution < -0.4 is 10.2 Å². The Bertz CT molecular complexity index is 813. The van der Waals surface area contributed by atoms with E-state index in [2.05, 4.69) is 38.1 Å². The van der Waals surface area contributed by atoms with Crippen LogP contribution >= 0.6 is 0 Å². The van der Waals surface area contributed by atoms with Crippen molar-refractivity contribution in [2.45, 2.75) is 19.1 Å². The van der Waals surface area contributed by atoms with Gasteiger partial charge in [-0.1, -0.05) is 0 Å². The van der Waals surface area contributed by atoms with Gasteiger partial charge < -0.3 is 15.0 Å². The number of anilines is 1. The predicted octanol–water partition coefficient (Wildman–Crippen LogP) is 1.00. The molecule has 0 radical (unpaired) electrons. The van der Waals surface area contributed by atoms with Crippen LogP contribution in [0.3, 0.4) is 0 Å². The molecule has 7 nitrogen and oxygen atoms in total. The molecule has 0 aromatic carbocycles. The van der Waals surface area contributed by atoms with Gasteiger partial charge in [0.25, 0.3) is 0 Å². The second-order valence-electron chi connectivity index (χ2n) is 7.03. The van der Waals surface area contributed by atoms with Crippen molar-refractivity contribution in [1.82, 2.24) is 20.2 Å². The second kappa shape index (κ2) is 7.54. The maximum Gasteiger partial charge on any atom is 0.166 e. The third kappa shape index (κ3) is 3.49. The van der Waals surface area contributed by atoms with Crippen LogP contribution in [-0.2, 0) is 4.74 Å². The van der Waals surface area contributed by atoms with Crippen molar-refractivity contribution in [3.63, 3.8) is 0 Å². The molecule has 0 spiro atoms. The van der Waals surface area contributed by atoms with E-state index in [4.69, 9.17) is 4.74 Å². The van der Waals surface area contributed by atoms with Crippen molar-refractivity contribution in [1.29, 1.82) is 5.26 Å². The number of hydrogen-bond donors (Lipinski definition) is 1. The lowest BCUT2D eigenvalue weighted by molar-refractivity contribution is -0.0334. The fraction of sp³-hybridized carbons (Fsp3) is 0.526. The third-order valence-corrected chi connectivity index (χ3v) is 5.07. The van der Waals surface area contributed by atoms with Crippen LogP contribution in [0.5, 0.6) is 0 Å². The number of nitrogens with zero attached hydrogens (tertiary/aromatic N) is 5. The average Bonchev–Trinajstić information content (AvgIpc) is 2.67. The first-order chi connectivity index (χ1) is 12.7. The Morgan fingerprint density at radius 2 is 2.15 bits per heavy atom.